The first kappa shape index (κ1) is 19.1. The molecule has 1 aliphatic carbocycles. The number of hydrogen-bond donors (Lipinski definition) is 4. The predicted octanol–water partition coefficient (Wildman–Crippen LogP) is 4.65. The van der Waals surface area contributed by atoms with Crippen LogP contribution in [0, 0.1) is 11.3 Å². The topological polar surface area (TPSA) is 91.0 Å². The predicted molar refractivity (Wildman–Crippen MR) is 105 cm³/mol. The summed E-state index contributed by atoms with van der Waals surface area (Å²) in [5.74, 6) is 0.370. The van der Waals surface area contributed by atoms with E-state index in [0.717, 1.165) is 24.6 Å². The molecule has 0 saturated heterocycles. The van der Waals surface area contributed by atoms with Gasteiger partial charge in [-0.25, -0.2) is 4.79 Å². The van der Waals surface area contributed by atoms with E-state index in [1.807, 2.05) is 0 Å². The second kappa shape index (κ2) is 8.72. The highest BCUT2D eigenvalue weighted by Gasteiger charge is 2.27. The number of amides is 2. The lowest BCUT2D eigenvalue weighted by Crippen LogP contribution is -2.42. The number of anilines is 2. The largest absolute Gasteiger partial charge is 0.398 e. The maximum absolute atomic E-state index is 12.4. The van der Waals surface area contributed by atoms with Crippen molar-refractivity contribution >= 4 is 35.2 Å². The monoisotopic (exact) mass is 360 g/mol. The van der Waals surface area contributed by atoms with Crippen molar-refractivity contribution < 1.29 is 4.79 Å². The van der Waals surface area contributed by atoms with Crippen LogP contribution in [0.5, 0.6) is 0 Å². The zero-order valence-electron chi connectivity index (χ0n) is 14.4. The summed E-state index contributed by atoms with van der Waals surface area (Å²) >= 11 is 5.98. The van der Waals surface area contributed by atoms with Crippen LogP contribution in [0.4, 0.5) is 16.2 Å². The first-order valence-electron chi connectivity index (χ1n) is 8.41. The smallest absolute Gasteiger partial charge is 0.319 e. The van der Waals surface area contributed by atoms with Crippen LogP contribution in [0.15, 0.2) is 41.5 Å². The van der Waals surface area contributed by atoms with E-state index in [-0.39, 0.29) is 12.1 Å². The number of hydrogen-bond acceptors (Lipinski definition) is 3. The molecule has 0 radical (unpaired) electrons. The van der Waals surface area contributed by atoms with Crippen molar-refractivity contribution in [3.05, 3.63) is 47.0 Å². The van der Waals surface area contributed by atoms with E-state index in [1.54, 1.807) is 31.2 Å². The van der Waals surface area contributed by atoms with Crippen LogP contribution in [0.2, 0.25) is 0 Å². The Morgan fingerprint density at radius 3 is 2.72 bits per heavy atom. The summed E-state index contributed by atoms with van der Waals surface area (Å²) in [5, 5.41) is 13.8. The van der Waals surface area contributed by atoms with Crippen molar-refractivity contribution in [3.8, 4) is 0 Å². The lowest BCUT2D eigenvalue weighted by Gasteiger charge is -2.26. The van der Waals surface area contributed by atoms with Crippen LogP contribution in [0.3, 0.4) is 0 Å². The van der Waals surface area contributed by atoms with Gasteiger partial charge in [-0.05, 0) is 55.5 Å². The first-order valence-corrected chi connectivity index (χ1v) is 8.78. The van der Waals surface area contributed by atoms with Gasteiger partial charge in [0.25, 0.3) is 0 Å². The molecule has 0 spiro atoms. The van der Waals surface area contributed by atoms with Gasteiger partial charge in [0.2, 0.25) is 0 Å². The van der Waals surface area contributed by atoms with Gasteiger partial charge in [-0.3, -0.25) is 0 Å². The van der Waals surface area contributed by atoms with Crippen molar-refractivity contribution in [2.24, 2.45) is 5.92 Å². The minimum Gasteiger partial charge on any atom is -0.398 e. The molecule has 1 atom stereocenters. The lowest BCUT2D eigenvalue weighted by atomic mass is 9.92. The van der Waals surface area contributed by atoms with Gasteiger partial charge < -0.3 is 21.8 Å². The summed E-state index contributed by atoms with van der Waals surface area (Å²) in [4.78, 5) is 12.4. The second-order valence-corrected chi connectivity index (χ2v) is 7.01. The van der Waals surface area contributed by atoms with E-state index in [4.69, 9.17) is 22.7 Å². The van der Waals surface area contributed by atoms with Crippen LogP contribution in [-0.4, -0.2) is 18.3 Å². The van der Waals surface area contributed by atoms with E-state index in [0.29, 0.717) is 27.9 Å². The highest BCUT2D eigenvalue weighted by Crippen LogP contribution is 2.31. The minimum atomic E-state index is -0.306. The van der Waals surface area contributed by atoms with Crippen molar-refractivity contribution in [1.82, 2.24) is 5.32 Å². The molecule has 1 aromatic rings. The number of carbonyl (C=O) groups excluding carboxylic acids is 1. The van der Waals surface area contributed by atoms with Crippen molar-refractivity contribution in [2.45, 2.75) is 38.6 Å². The van der Waals surface area contributed by atoms with Crippen LogP contribution in [0.1, 0.15) is 38.2 Å². The molecule has 1 saturated carbocycles. The quantitative estimate of drug-likeness (QED) is 0.338. The molecule has 1 aliphatic rings. The van der Waals surface area contributed by atoms with Crippen LogP contribution in [0.25, 0.3) is 0 Å². The van der Waals surface area contributed by atoms with Gasteiger partial charge in [0.15, 0.2) is 0 Å². The van der Waals surface area contributed by atoms with Gasteiger partial charge in [-0.2, -0.15) is 0 Å². The molecule has 2 amide bonds. The van der Waals surface area contributed by atoms with E-state index in [9.17, 15) is 4.79 Å². The molecule has 25 heavy (non-hydrogen) atoms. The molecule has 0 aromatic heterocycles. The fourth-order valence-corrected chi connectivity index (χ4v) is 3.38. The molecule has 0 aliphatic heterocycles. The van der Waals surface area contributed by atoms with Gasteiger partial charge in [-0.15, -0.1) is 0 Å². The third-order valence-electron chi connectivity index (χ3n) is 4.44. The summed E-state index contributed by atoms with van der Waals surface area (Å²) in [7, 11) is 0. The third-order valence-corrected chi connectivity index (χ3v) is 4.55. The number of nitrogens with one attached hydrogen (secondary N) is 3. The van der Waals surface area contributed by atoms with Crippen LogP contribution >= 0.6 is 11.6 Å². The molecular formula is C19H25ClN4O. The zero-order chi connectivity index (χ0) is 18.4. The van der Waals surface area contributed by atoms with E-state index in [1.165, 1.54) is 12.8 Å². The number of carbonyl (C=O) groups is 1. The molecule has 6 heteroatoms. The highest BCUT2D eigenvalue weighted by atomic mass is 35.5. The Morgan fingerprint density at radius 2 is 2.12 bits per heavy atom. The highest BCUT2D eigenvalue weighted by molar-refractivity contribution is 6.29. The Bertz CT molecular complexity index is 689. The van der Waals surface area contributed by atoms with Gasteiger partial charge in [0.05, 0.1) is 6.04 Å². The third kappa shape index (κ3) is 5.36. The van der Waals surface area contributed by atoms with E-state index >= 15 is 0 Å². The molecule has 0 bridgehead atoms. The maximum atomic E-state index is 12.4. The fourth-order valence-electron chi connectivity index (χ4n) is 3.24. The number of halogens is 1. The number of nitrogen functional groups attached to an aromatic ring is 1. The Balaban J connectivity index is 2.09. The van der Waals surface area contributed by atoms with Gasteiger partial charge in [-0.1, -0.05) is 31.0 Å². The Kier molecular flexibility index (Phi) is 6.65. The van der Waals surface area contributed by atoms with E-state index < -0.39 is 0 Å². The fraction of sp³-hybridized carbons (Fsp3) is 0.368. The molecule has 5 N–H and O–H groups in total. The Labute approximate surface area is 153 Å². The normalized spacial score (nSPS) is 16.3. The number of benzene rings is 1. The summed E-state index contributed by atoms with van der Waals surface area (Å²) in [6.07, 6.45) is 7.44. The summed E-state index contributed by atoms with van der Waals surface area (Å²) in [5.41, 5.74) is 8.24. The summed E-state index contributed by atoms with van der Waals surface area (Å²) in [6.45, 7) is 5.89. The molecule has 2 rings (SSSR count). The Hall–Kier alpha value is -2.27. The molecule has 134 valence electrons. The van der Waals surface area contributed by atoms with Gasteiger partial charge >= 0.3 is 6.03 Å². The Morgan fingerprint density at radius 1 is 1.44 bits per heavy atom. The van der Waals surface area contributed by atoms with Crippen LogP contribution < -0.4 is 16.4 Å². The molecule has 1 aromatic carbocycles. The molecular weight excluding hydrogens is 336 g/mol. The number of rotatable bonds is 6. The van der Waals surface area contributed by atoms with E-state index in [2.05, 4.69) is 17.2 Å². The minimum absolute atomic E-state index is 0.146. The molecule has 5 nitrogen and oxygen atoms in total. The van der Waals surface area contributed by atoms with Crippen molar-refractivity contribution in [1.29, 1.82) is 5.41 Å². The standard InChI is InChI=1S/C19H25ClN4O/c1-12(9-13(2)20)18(14-5-3-4-6-14)24-19(25)23-16-7-8-17(22)15(10-16)11-21/h7-11,14,18,21H,1,3-6,22H2,2H3,(H2,23,24,25)/b13-9+,21-11?. The molecule has 1 fully saturated rings. The lowest BCUT2D eigenvalue weighted by molar-refractivity contribution is 0.246. The van der Waals surface area contributed by atoms with Crippen molar-refractivity contribution in [2.75, 3.05) is 11.1 Å². The zero-order valence-corrected chi connectivity index (χ0v) is 15.2. The maximum Gasteiger partial charge on any atom is 0.319 e. The first-order chi connectivity index (χ1) is 11.9. The van der Waals surface area contributed by atoms with Gasteiger partial charge in [0.1, 0.15) is 0 Å². The SMILES string of the molecule is C=C(/C=C(\C)Cl)C(NC(=O)Nc1ccc(N)c(C=N)c1)C1CCCC1. The number of nitrogens with two attached hydrogens (primary N) is 1. The number of allylic oxidation sites excluding steroid dienone is 1. The van der Waals surface area contributed by atoms with Crippen molar-refractivity contribution in [3.63, 3.8) is 0 Å². The number of urea groups is 1. The van der Waals surface area contributed by atoms with Gasteiger partial charge in [0, 0.05) is 28.2 Å². The average molecular weight is 361 g/mol. The molecule has 1 unspecified atom stereocenters. The molecule has 0 heterocycles. The summed E-state index contributed by atoms with van der Waals surface area (Å²) in [6, 6.07) is 4.60. The average Bonchev–Trinajstić information content (AvgIpc) is 3.07. The van der Waals surface area contributed by atoms with Crippen LogP contribution in [-0.2, 0) is 0 Å². The summed E-state index contributed by atoms with van der Waals surface area (Å²) < 4.78 is 0. The second-order valence-electron chi connectivity index (χ2n) is 6.41.